The molecule has 0 aliphatic carbocycles. The molecule has 0 aliphatic heterocycles. The Labute approximate surface area is 123 Å². The second-order valence-electron chi connectivity index (χ2n) is 4.87. The number of halogens is 2. The first-order chi connectivity index (χ1) is 10.1. The molecule has 0 saturated carbocycles. The van der Waals surface area contributed by atoms with Crippen LogP contribution in [0.4, 0.5) is 14.5 Å². The molecule has 2 aromatic rings. The second kappa shape index (κ2) is 7.13. The first kappa shape index (κ1) is 15.4. The Morgan fingerprint density at radius 2 is 1.90 bits per heavy atom. The van der Waals surface area contributed by atoms with Crippen LogP contribution in [0.3, 0.4) is 0 Å². The van der Waals surface area contributed by atoms with Gasteiger partial charge < -0.3 is 10.2 Å². The summed E-state index contributed by atoms with van der Waals surface area (Å²) < 4.78 is 28.3. The molecular formula is C16H19F2N3. The zero-order valence-corrected chi connectivity index (χ0v) is 12.2. The first-order valence-corrected chi connectivity index (χ1v) is 6.91. The first-order valence-electron chi connectivity index (χ1n) is 6.91. The molecule has 0 fully saturated rings. The van der Waals surface area contributed by atoms with Crippen molar-refractivity contribution in [2.75, 3.05) is 18.5 Å². The molecule has 0 aliphatic rings. The van der Waals surface area contributed by atoms with Crippen LogP contribution in [-0.2, 0) is 13.1 Å². The molecule has 1 heterocycles. The summed E-state index contributed by atoms with van der Waals surface area (Å²) in [5.74, 6) is -1.11. The van der Waals surface area contributed by atoms with Crippen LogP contribution in [0.1, 0.15) is 18.2 Å². The molecule has 0 bridgehead atoms. The summed E-state index contributed by atoms with van der Waals surface area (Å²) in [5, 5.41) is 3.05. The van der Waals surface area contributed by atoms with E-state index in [1.165, 1.54) is 17.0 Å². The predicted octanol–water partition coefficient (Wildman–Crippen LogP) is 3.11. The number of hydrogen-bond donors (Lipinski definition) is 1. The van der Waals surface area contributed by atoms with Crippen LogP contribution >= 0.6 is 0 Å². The van der Waals surface area contributed by atoms with Gasteiger partial charge in [0, 0.05) is 19.8 Å². The Kier molecular flexibility index (Phi) is 5.22. The molecular weight excluding hydrogens is 272 g/mol. The topological polar surface area (TPSA) is 28.2 Å². The lowest BCUT2D eigenvalue weighted by molar-refractivity contribution is 0.569. The van der Waals surface area contributed by atoms with Gasteiger partial charge >= 0.3 is 0 Å². The molecule has 3 nitrogen and oxygen atoms in total. The maximum absolute atomic E-state index is 14.2. The molecule has 5 heteroatoms. The number of aromatic nitrogens is 1. The zero-order valence-electron chi connectivity index (χ0n) is 12.2. The van der Waals surface area contributed by atoms with Crippen LogP contribution in [0, 0.1) is 11.6 Å². The quantitative estimate of drug-likeness (QED) is 0.886. The van der Waals surface area contributed by atoms with Gasteiger partial charge in [-0.05, 0) is 36.4 Å². The summed E-state index contributed by atoms with van der Waals surface area (Å²) in [4.78, 5) is 5.70. The standard InChI is InChI=1S/C16H19F2N3/c1-3-19-10-12-8-14(17)16(15(18)9-12)21(2)11-13-6-4-5-7-20-13/h4-9,19H,3,10-11H2,1-2H3. The summed E-state index contributed by atoms with van der Waals surface area (Å²) in [6.07, 6.45) is 1.66. The highest BCUT2D eigenvalue weighted by Gasteiger charge is 2.15. The zero-order chi connectivity index (χ0) is 15.2. The number of nitrogens with one attached hydrogen (secondary N) is 1. The fourth-order valence-electron chi connectivity index (χ4n) is 2.17. The van der Waals surface area contributed by atoms with Gasteiger partial charge in [-0.15, -0.1) is 0 Å². The molecule has 2 rings (SSSR count). The van der Waals surface area contributed by atoms with Crippen LogP contribution in [0.2, 0.25) is 0 Å². The van der Waals surface area contributed by atoms with Crippen molar-refractivity contribution >= 4 is 5.69 Å². The second-order valence-corrected chi connectivity index (χ2v) is 4.87. The van der Waals surface area contributed by atoms with E-state index in [1.807, 2.05) is 19.1 Å². The normalized spacial score (nSPS) is 10.7. The number of benzene rings is 1. The van der Waals surface area contributed by atoms with Crippen molar-refractivity contribution in [1.29, 1.82) is 0 Å². The molecule has 0 saturated heterocycles. The van der Waals surface area contributed by atoms with Crippen LogP contribution in [0.5, 0.6) is 0 Å². The third-order valence-electron chi connectivity index (χ3n) is 3.16. The fraction of sp³-hybridized carbons (Fsp3) is 0.312. The maximum Gasteiger partial charge on any atom is 0.149 e. The van der Waals surface area contributed by atoms with Gasteiger partial charge in [0.05, 0.1) is 12.2 Å². The SMILES string of the molecule is CCNCc1cc(F)c(N(C)Cc2ccccn2)c(F)c1. The van der Waals surface area contributed by atoms with E-state index >= 15 is 0 Å². The lowest BCUT2D eigenvalue weighted by Gasteiger charge is -2.21. The number of hydrogen-bond acceptors (Lipinski definition) is 3. The monoisotopic (exact) mass is 291 g/mol. The van der Waals surface area contributed by atoms with Crippen molar-refractivity contribution in [3.8, 4) is 0 Å². The van der Waals surface area contributed by atoms with E-state index in [4.69, 9.17) is 0 Å². The molecule has 0 spiro atoms. The van der Waals surface area contributed by atoms with E-state index in [1.54, 1.807) is 19.3 Å². The Morgan fingerprint density at radius 1 is 1.19 bits per heavy atom. The fourth-order valence-corrected chi connectivity index (χ4v) is 2.17. The van der Waals surface area contributed by atoms with Crippen molar-refractivity contribution < 1.29 is 8.78 Å². The number of anilines is 1. The van der Waals surface area contributed by atoms with Gasteiger partial charge in [0.15, 0.2) is 0 Å². The minimum absolute atomic E-state index is 0.0269. The minimum atomic E-state index is -0.554. The molecule has 0 unspecified atom stereocenters. The minimum Gasteiger partial charge on any atom is -0.364 e. The van der Waals surface area contributed by atoms with Gasteiger partial charge in [-0.1, -0.05) is 13.0 Å². The molecule has 21 heavy (non-hydrogen) atoms. The highest BCUT2D eigenvalue weighted by atomic mass is 19.1. The third-order valence-corrected chi connectivity index (χ3v) is 3.16. The van der Waals surface area contributed by atoms with Gasteiger partial charge in [-0.25, -0.2) is 8.78 Å². The molecule has 0 atom stereocenters. The van der Waals surface area contributed by atoms with Crippen molar-refractivity contribution in [3.05, 3.63) is 59.4 Å². The molecule has 1 aromatic carbocycles. The van der Waals surface area contributed by atoms with E-state index in [-0.39, 0.29) is 5.69 Å². The average Bonchev–Trinajstić information content (AvgIpc) is 2.45. The van der Waals surface area contributed by atoms with Crippen molar-refractivity contribution in [2.45, 2.75) is 20.0 Å². The Bertz CT molecular complexity index is 564. The van der Waals surface area contributed by atoms with Crippen LogP contribution in [-0.4, -0.2) is 18.6 Å². The van der Waals surface area contributed by atoms with Crippen molar-refractivity contribution in [2.24, 2.45) is 0 Å². The third kappa shape index (κ3) is 3.98. The van der Waals surface area contributed by atoms with Crippen molar-refractivity contribution in [3.63, 3.8) is 0 Å². The van der Waals surface area contributed by atoms with Gasteiger partial charge in [-0.2, -0.15) is 0 Å². The summed E-state index contributed by atoms with van der Waals surface area (Å²) in [5.41, 5.74) is 1.33. The maximum atomic E-state index is 14.2. The van der Waals surface area contributed by atoms with Crippen LogP contribution < -0.4 is 10.2 Å². The van der Waals surface area contributed by atoms with E-state index in [2.05, 4.69) is 10.3 Å². The number of nitrogens with zero attached hydrogens (tertiary/aromatic N) is 2. The summed E-state index contributed by atoms with van der Waals surface area (Å²) in [6.45, 7) is 3.50. The molecule has 0 radical (unpaired) electrons. The van der Waals surface area contributed by atoms with E-state index < -0.39 is 11.6 Å². The van der Waals surface area contributed by atoms with Crippen molar-refractivity contribution in [1.82, 2.24) is 10.3 Å². The Hall–Kier alpha value is -2.01. The molecule has 1 aromatic heterocycles. The van der Waals surface area contributed by atoms with E-state index in [0.29, 0.717) is 18.7 Å². The lowest BCUT2D eigenvalue weighted by Crippen LogP contribution is -2.20. The lowest BCUT2D eigenvalue weighted by atomic mass is 10.1. The highest BCUT2D eigenvalue weighted by molar-refractivity contribution is 5.50. The summed E-state index contributed by atoms with van der Waals surface area (Å²) >= 11 is 0. The van der Waals surface area contributed by atoms with E-state index in [0.717, 1.165) is 12.2 Å². The average molecular weight is 291 g/mol. The predicted molar refractivity (Wildman–Crippen MR) is 80.1 cm³/mol. The molecule has 1 N–H and O–H groups in total. The number of pyridine rings is 1. The molecule has 0 amide bonds. The van der Waals surface area contributed by atoms with Gasteiger partial charge in [0.25, 0.3) is 0 Å². The molecule has 112 valence electrons. The van der Waals surface area contributed by atoms with Crippen LogP contribution in [0.15, 0.2) is 36.5 Å². The highest BCUT2D eigenvalue weighted by Crippen LogP contribution is 2.25. The van der Waals surface area contributed by atoms with Gasteiger partial charge in [0.1, 0.15) is 17.3 Å². The van der Waals surface area contributed by atoms with Crippen LogP contribution in [0.25, 0.3) is 0 Å². The smallest absolute Gasteiger partial charge is 0.149 e. The van der Waals surface area contributed by atoms with Gasteiger partial charge in [0.2, 0.25) is 0 Å². The van der Waals surface area contributed by atoms with E-state index in [9.17, 15) is 8.78 Å². The summed E-state index contributed by atoms with van der Waals surface area (Å²) in [6, 6.07) is 8.22. The Morgan fingerprint density at radius 3 is 2.48 bits per heavy atom. The largest absolute Gasteiger partial charge is 0.364 e. The van der Waals surface area contributed by atoms with Gasteiger partial charge in [-0.3, -0.25) is 4.98 Å². The summed E-state index contributed by atoms with van der Waals surface area (Å²) in [7, 11) is 1.65. The Balaban J connectivity index is 2.19. The number of rotatable bonds is 6.